The van der Waals surface area contributed by atoms with E-state index in [9.17, 15) is 0 Å². The molecule has 1 fully saturated rings. The average molecular weight is 257 g/mol. The van der Waals surface area contributed by atoms with Gasteiger partial charge in [0.1, 0.15) is 11.5 Å². The number of ether oxygens (including phenoxy) is 1. The molecule has 3 nitrogen and oxygen atoms in total. The van der Waals surface area contributed by atoms with Gasteiger partial charge in [-0.3, -0.25) is 0 Å². The molecule has 0 amide bonds. The van der Waals surface area contributed by atoms with Crippen LogP contribution in [0, 0.1) is 0 Å². The molecule has 19 heavy (non-hydrogen) atoms. The third-order valence-electron chi connectivity index (χ3n) is 3.51. The fourth-order valence-electron chi connectivity index (χ4n) is 2.45. The fourth-order valence-corrected chi connectivity index (χ4v) is 2.45. The minimum absolute atomic E-state index is 0.418. The largest absolute Gasteiger partial charge is 0.490 e. The van der Waals surface area contributed by atoms with Crippen LogP contribution < -0.4 is 10.1 Å². The first kappa shape index (κ1) is 12.2. The Hall–Kier alpha value is -1.90. The van der Waals surface area contributed by atoms with Crippen LogP contribution in [0.15, 0.2) is 47.1 Å². The molecule has 0 saturated heterocycles. The molecule has 0 aliphatic heterocycles. The van der Waals surface area contributed by atoms with E-state index >= 15 is 0 Å². The Balaban J connectivity index is 1.53. The summed E-state index contributed by atoms with van der Waals surface area (Å²) in [5.41, 5.74) is 1.08. The summed E-state index contributed by atoms with van der Waals surface area (Å²) < 4.78 is 11.2. The maximum absolute atomic E-state index is 5.93. The standard InChI is InChI=1S/C16H19NO2/c1-2-5-14(4-1)19-15-9-7-13(8-10-15)17-12-16-6-3-11-18-16/h3,6-11,14,17H,1-2,4-5,12H2. The van der Waals surface area contributed by atoms with Crippen LogP contribution in [0.2, 0.25) is 0 Å². The summed E-state index contributed by atoms with van der Waals surface area (Å²) in [5.74, 6) is 1.90. The van der Waals surface area contributed by atoms with Gasteiger partial charge in [-0.15, -0.1) is 0 Å². The van der Waals surface area contributed by atoms with Crippen molar-refractivity contribution in [3.8, 4) is 5.75 Å². The monoisotopic (exact) mass is 257 g/mol. The number of furan rings is 1. The van der Waals surface area contributed by atoms with E-state index in [2.05, 4.69) is 5.32 Å². The number of nitrogens with one attached hydrogen (secondary N) is 1. The highest BCUT2D eigenvalue weighted by Gasteiger charge is 2.16. The van der Waals surface area contributed by atoms with Crippen LogP contribution in [0.4, 0.5) is 5.69 Å². The number of hydrogen-bond donors (Lipinski definition) is 1. The predicted molar refractivity (Wildman–Crippen MR) is 75.4 cm³/mol. The van der Waals surface area contributed by atoms with Gasteiger partial charge in [-0.25, -0.2) is 0 Å². The maximum atomic E-state index is 5.93. The molecule has 1 aliphatic carbocycles. The van der Waals surface area contributed by atoms with E-state index in [0.29, 0.717) is 12.6 Å². The van der Waals surface area contributed by atoms with Gasteiger partial charge < -0.3 is 14.5 Å². The van der Waals surface area contributed by atoms with Crippen LogP contribution in [0.3, 0.4) is 0 Å². The van der Waals surface area contributed by atoms with E-state index in [1.54, 1.807) is 6.26 Å². The summed E-state index contributed by atoms with van der Waals surface area (Å²) in [6.07, 6.45) is 7.09. The Kier molecular flexibility index (Phi) is 3.73. The number of anilines is 1. The summed E-state index contributed by atoms with van der Waals surface area (Å²) in [5, 5.41) is 3.32. The predicted octanol–water partition coefficient (Wildman–Crippen LogP) is 4.21. The molecule has 0 spiro atoms. The smallest absolute Gasteiger partial charge is 0.122 e. The van der Waals surface area contributed by atoms with E-state index in [-0.39, 0.29) is 0 Å². The maximum Gasteiger partial charge on any atom is 0.122 e. The highest BCUT2D eigenvalue weighted by Crippen LogP contribution is 2.25. The van der Waals surface area contributed by atoms with E-state index in [1.165, 1.54) is 25.7 Å². The number of hydrogen-bond acceptors (Lipinski definition) is 3. The van der Waals surface area contributed by atoms with Crippen LogP contribution in [-0.4, -0.2) is 6.10 Å². The zero-order valence-corrected chi connectivity index (χ0v) is 11.0. The van der Waals surface area contributed by atoms with Gasteiger partial charge in [0.05, 0.1) is 18.9 Å². The highest BCUT2D eigenvalue weighted by molar-refractivity contribution is 5.46. The van der Waals surface area contributed by atoms with Gasteiger partial charge in [0.15, 0.2) is 0 Å². The lowest BCUT2D eigenvalue weighted by Crippen LogP contribution is -2.10. The summed E-state index contributed by atoms with van der Waals surface area (Å²) in [6, 6.07) is 12.0. The van der Waals surface area contributed by atoms with Crippen molar-refractivity contribution in [1.82, 2.24) is 0 Å². The van der Waals surface area contributed by atoms with Crippen molar-refractivity contribution in [3.05, 3.63) is 48.4 Å². The van der Waals surface area contributed by atoms with Crippen molar-refractivity contribution in [3.63, 3.8) is 0 Å². The van der Waals surface area contributed by atoms with Gasteiger partial charge >= 0.3 is 0 Å². The molecule has 0 unspecified atom stereocenters. The average Bonchev–Trinajstić information content (AvgIpc) is 3.11. The molecule has 2 aromatic rings. The summed E-state index contributed by atoms with van der Waals surface area (Å²) >= 11 is 0. The fraction of sp³-hybridized carbons (Fsp3) is 0.375. The molecule has 3 rings (SSSR count). The molecule has 100 valence electrons. The third kappa shape index (κ3) is 3.31. The van der Waals surface area contributed by atoms with Gasteiger partial charge in [0.2, 0.25) is 0 Å². The zero-order chi connectivity index (χ0) is 12.9. The van der Waals surface area contributed by atoms with Gasteiger partial charge in [0, 0.05) is 5.69 Å². The minimum Gasteiger partial charge on any atom is -0.490 e. The van der Waals surface area contributed by atoms with Crippen molar-refractivity contribution < 1.29 is 9.15 Å². The van der Waals surface area contributed by atoms with Crippen molar-refractivity contribution >= 4 is 5.69 Å². The summed E-state index contributed by atoms with van der Waals surface area (Å²) in [6.45, 7) is 0.704. The Labute approximate surface area is 113 Å². The molecular weight excluding hydrogens is 238 g/mol. The van der Waals surface area contributed by atoms with Gasteiger partial charge in [-0.2, -0.15) is 0 Å². The van der Waals surface area contributed by atoms with Gasteiger partial charge in [-0.1, -0.05) is 0 Å². The van der Waals surface area contributed by atoms with Crippen molar-refractivity contribution in [2.75, 3.05) is 5.32 Å². The molecule has 0 radical (unpaired) electrons. The second kappa shape index (κ2) is 5.83. The Morgan fingerprint density at radius 2 is 1.89 bits per heavy atom. The molecule has 3 heteroatoms. The third-order valence-corrected chi connectivity index (χ3v) is 3.51. The van der Waals surface area contributed by atoms with Crippen molar-refractivity contribution in [2.45, 2.75) is 38.3 Å². The zero-order valence-electron chi connectivity index (χ0n) is 11.0. The van der Waals surface area contributed by atoms with Crippen LogP contribution in [-0.2, 0) is 6.54 Å². The molecule has 1 aromatic heterocycles. The van der Waals surface area contributed by atoms with Crippen LogP contribution in [0.5, 0.6) is 5.75 Å². The molecule has 0 atom stereocenters. The Morgan fingerprint density at radius 1 is 1.11 bits per heavy atom. The Morgan fingerprint density at radius 3 is 2.58 bits per heavy atom. The molecule has 1 aromatic carbocycles. The first-order valence-corrected chi connectivity index (χ1v) is 6.93. The first-order chi connectivity index (χ1) is 9.40. The second-order valence-corrected chi connectivity index (χ2v) is 4.98. The lowest BCUT2D eigenvalue weighted by atomic mass is 10.2. The minimum atomic E-state index is 0.418. The molecule has 1 heterocycles. The van der Waals surface area contributed by atoms with Crippen LogP contribution in [0.25, 0.3) is 0 Å². The van der Waals surface area contributed by atoms with Crippen molar-refractivity contribution in [1.29, 1.82) is 0 Å². The number of benzene rings is 1. The summed E-state index contributed by atoms with van der Waals surface area (Å²) in [4.78, 5) is 0. The Bertz CT molecular complexity index is 484. The van der Waals surface area contributed by atoms with Crippen LogP contribution >= 0.6 is 0 Å². The second-order valence-electron chi connectivity index (χ2n) is 4.98. The lowest BCUT2D eigenvalue weighted by Gasteiger charge is -2.13. The van der Waals surface area contributed by atoms with E-state index in [1.807, 2.05) is 36.4 Å². The summed E-state index contributed by atoms with van der Waals surface area (Å²) in [7, 11) is 0. The van der Waals surface area contributed by atoms with Crippen LogP contribution in [0.1, 0.15) is 31.4 Å². The topological polar surface area (TPSA) is 34.4 Å². The van der Waals surface area contributed by atoms with Gasteiger partial charge in [-0.05, 0) is 62.1 Å². The highest BCUT2D eigenvalue weighted by atomic mass is 16.5. The molecule has 1 aliphatic rings. The quantitative estimate of drug-likeness (QED) is 0.871. The molecule has 1 N–H and O–H groups in total. The first-order valence-electron chi connectivity index (χ1n) is 6.93. The number of rotatable bonds is 5. The van der Waals surface area contributed by atoms with E-state index < -0.39 is 0 Å². The van der Waals surface area contributed by atoms with E-state index in [0.717, 1.165) is 17.2 Å². The molecule has 1 saturated carbocycles. The normalized spacial score (nSPS) is 15.6. The van der Waals surface area contributed by atoms with E-state index in [4.69, 9.17) is 9.15 Å². The SMILES string of the molecule is c1coc(CNc2ccc(OC3CCCC3)cc2)c1. The molecule has 0 bridgehead atoms. The lowest BCUT2D eigenvalue weighted by molar-refractivity contribution is 0.210. The van der Waals surface area contributed by atoms with Gasteiger partial charge in [0.25, 0.3) is 0 Å². The molecular formula is C16H19NO2. The van der Waals surface area contributed by atoms with Crippen molar-refractivity contribution in [2.24, 2.45) is 0 Å².